The van der Waals surface area contributed by atoms with Crippen LogP contribution in [0.4, 0.5) is 17.6 Å². The van der Waals surface area contributed by atoms with E-state index in [1.165, 1.54) is 30.3 Å². The van der Waals surface area contributed by atoms with E-state index in [1.54, 1.807) is 27.9 Å². The fourth-order valence-corrected chi connectivity index (χ4v) is 3.06. The van der Waals surface area contributed by atoms with Gasteiger partial charge in [-0.15, -0.1) is 0 Å². The van der Waals surface area contributed by atoms with E-state index in [9.17, 15) is 22.4 Å². The zero-order chi connectivity index (χ0) is 21.9. The van der Waals surface area contributed by atoms with Crippen molar-refractivity contribution in [3.63, 3.8) is 0 Å². The average molecular weight is 419 g/mol. The fraction of sp³-hybridized carbons (Fsp3) is 0.273. The molecule has 0 aliphatic rings. The van der Waals surface area contributed by atoms with Crippen molar-refractivity contribution in [2.24, 2.45) is 0 Å². The fourth-order valence-electron chi connectivity index (χ4n) is 3.06. The third-order valence-corrected chi connectivity index (χ3v) is 4.70. The summed E-state index contributed by atoms with van der Waals surface area (Å²) in [5.74, 6) is -0.240. The van der Waals surface area contributed by atoms with Crippen LogP contribution in [0.3, 0.4) is 0 Å². The van der Waals surface area contributed by atoms with Gasteiger partial charge in [-0.25, -0.2) is 9.37 Å². The molecule has 0 aliphatic heterocycles. The maximum atomic E-state index is 13.5. The van der Waals surface area contributed by atoms with Crippen LogP contribution in [0.15, 0.2) is 60.9 Å². The van der Waals surface area contributed by atoms with E-state index in [1.807, 2.05) is 13.8 Å². The second kappa shape index (κ2) is 8.69. The van der Waals surface area contributed by atoms with E-state index in [0.29, 0.717) is 17.9 Å². The molecule has 4 nitrogen and oxygen atoms in total. The van der Waals surface area contributed by atoms with E-state index < -0.39 is 17.6 Å². The Balaban J connectivity index is 1.78. The summed E-state index contributed by atoms with van der Waals surface area (Å²) in [5, 5.41) is 0. The Morgan fingerprint density at radius 2 is 1.83 bits per heavy atom. The van der Waals surface area contributed by atoms with Gasteiger partial charge in [0.1, 0.15) is 11.6 Å². The first-order valence-corrected chi connectivity index (χ1v) is 9.38. The number of hydrogen-bond acceptors (Lipinski definition) is 2. The molecule has 0 saturated carbocycles. The first-order chi connectivity index (χ1) is 14.1. The molecule has 1 amide bonds. The number of carbonyl (C=O) groups is 1. The van der Waals surface area contributed by atoms with Crippen molar-refractivity contribution in [3.05, 3.63) is 89.3 Å². The predicted molar refractivity (Wildman–Crippen MR) is 104 cm³/mol. The average Bonchev–Trinajstić information content (AvgIpc) is 3.11. The molecule has 2 aromatic carbocycles. The number of alkyl halides is 3. The number of amides is 1. The van der Waals surface area contributed by atoms with Crippen molar-refractivity contribution in [2.45, 2.75) is 39.2 Å². The summed E-state index contributed by atoms with van der Waals surface area (Å²) in [6, 6.07) is 10.2. The topological polar surface area (TPSA) is 38.1 Å². The zero-order valence-electron chi connectivity index (χ0n) is 16.5. The second-order valence-electron chi connectivity index (χ2n) is 7.20. The Bertz CT molecular complexity index is 1010. The number of carbonyl (C=O) groups excluding carboxylic acids is 1. The molecule has 1 heterocycles. The summed E-state index contributed by atoms with van der Waals surface area (Å²) < 4.78 is 53.5. The standard InChI is InChI=1S/C22H21F4N3O/c1-15(2)29(21(30)17-4-3-5-19(23)12-17)14-20-27-10-11-28(20)13-16-6-8-18(9-7-16)22(24,25)26/h3-12,15H,13-14H2,1-2H3. The lowest BCUT2D eigenvalue weighted by atomic mass is 10.1. The lowest BCUT2D eigenvalue weighted by molar-refractivity contribution is -0.137. The number of nitrogens with zero attached hydrogens (tertiary/aromatic N) is 3. The highest BCUT2D eigenvalue weighted by molar-refractivity contribution is 5.94. The quantitative estimate of drug-likeness (QED) is 0.519. The van der Waals surface area contributed by atoms with E-state index in [2.05, 4.69) is 4.98 Å². The maximum Gasteiger partial charge on any atom is 0.416 e. The lowest BCUT2D eigenvalue weighted by Crippen LogP contribution is -2.37. The van der Waals surface area contributed by atoms with Gasteiger partial charge in [0.2, 0.25) is 0 Å². The van der Waals surface area contributed by atoms with Crippen molar-refractivity contribution in [1.29, 1.82) is 0 Å². The molecule has 0 radical (unpaired) electrons. The molecule has 30 heavy (non-hydrogen) atoms. The molecule has 158 valence electrons. The second-order valence-corrected chi connectivity index (χ2v) is 7.20. The van der Waals surface area contributed by atoms with Gasteiger partial charge in [-0.3, -0.25) is 4.79 Å². The van der Waals surface area contributed by atoms with Crippen LogP contribution in [0.5, 0.6) is 0 Å². The number of rotatable bonds is 6. The van der Waals surface area contributed by atoms with Gasteiger partial charge in [0, 0.05) is 30.5 Å². The SMILES string of the molecule is CC(C)N(Cc1nccn1Cc1ccc(C(F)(F)F)cc1)C(=O)c1cccc(F)c1. The van der Waals surface area contributed by atoms with Gasteiger partial charge in [0.15, 0.2) is 0 Å². The third-order valence-electron chi connectivity index (χ3n) is 4.70. The minimum Gasteiger partial charge on any atom is -0.329 e. The Kier molecular flexibility index (Phi) is 6.24. The lowest BCUT2D eigenvalue weighted by Gasteiger charge is -2.27. The summed E-state index contributed by atoms with van der Waals surface area (Å²) in [6.45, 7) is 4.19. The highest BCUT2D eigenvalue weighted by atomic mass is 19.4. The Labute approximate surface area is 171 Å². The van der Waals surface area contributed by atoms with Gasteiger partial charge in [-0.2, -0.15) is 13.2 Å². The van der Waals surface area contributed by atoms with E-state index >= 15 is 0 Å². The minimum atomic E-state index is -4.38. The molecule has 0 unspecified atom stereocenters. The van der Waals surface area contributed by atoms with Crippen LogP contribution in [-0.2, 0) is 19.3 Å². The van der Waals surface area contributed by atoms with Gasteiger partial charge < -0.3 is 9.47 Å². The van der Waals surface area contributed by atoms with Crippen molar-refractivity contribution in [3.8, 4) is 0 Å². The van der Waals surface area contributed by atoms with Crippen LogP contribution < -0.4 is 0 Å². The van der Waals surface area contributed by atoms with Crippen LogP contribution in [0.25, 0.3) is 0 Å². The maximum absolute atomic E-state index is 13.5. The summed E-state index contributed by atoms with van der Waals surface area (Å²) in [6.07, 6.45) is -1.10. The van der Waals surface area contributed by atoms with Crippen molar-refractivity contribution >= 4 is 5.91 Å². The first-order valence-electron chi connectivity index (χ1n) is 9.38. The van der Waals surface area contributed by atoms with Crippen molar-refractivity contribution in [1.82, 2.24) is 14.5 Å². The van der Waals surface area contributed by atoms with Gasteiger partial charge >= 0.3 is 6.18 Å². The molecule has 8 heteroatoms. The Hall–Kier alpha value is -3.16. The largest absolute Gasteiger partial charge is 0.416 e. The van der Waals surface area contributed by atoms with E-state index in [-0.39, 0.29) is 24.1 Å². The third kappa shape index (κ3) is 5.06. The summed E-state index contributed by atoms with van der Waals surface area (Å²) in [7, 11) is 0. The summed E-state index contributed by atoms with van der Waals surface area (Å²) >= 11 is 0. The highest BCUT2D eigenvalue weighted by Crippen LogP contribution is 2.29. The van der Waals surface area contributed by atoms with E-state index in [0.717, 1.165) is 12.1 Å². The molecular formula is C22H21F4N3O. The van der Waals surface area contributed by atoms with E-state index in [4.69, 9.17) is 0 Å². The molecule has 0 fully saturated rings. The normalized spacial score (nSPS) is 11.7. The molecule has 0 bridgehead atoms. The molecule has 0 spiro atoms. The molecule has 0 aliphatic carbocycles. The monoisotopic (exact) mass is 419 g/mol. The van der Waals surface area contributed by atoms with Gasteiger partial charge in [-0.1, -0.05) is 18.2 Å². The van der Waals surface area contributed by atoms with Gasteiger partial charge in [0.05, 0.1) is 12.1 Å². The predicted octanol–water partition coefficient (Wildman–Crippen LogP) is 5.14. The molecular weight excluding hydrogens is 398 g/mol. The number of imidazole rings is 1. The van der Waals surface area contributed by atoms with Crippen molar-refractivity contribution < 1.29 is 22.4 Å². The molecule has 0 N–H and O–H groups in total. The molecule has 3 aromatic rings. The minimum absolute atomic E-state index is 0.169. The number of hydrogen-bond donors (Lipinski definition) is 0. The van der Waals surface area contributed by atoms with Gasteiger partial charge in [0.25, 0.3) is 5.91 Å². The Morgan fingerprint density at radius 1 is 1.13 bits per heavy atom. The smallest absolute Gasteiger partial charge is 0.329 e. The molecule has 1 aromatic heterocycles. The number of benzene rings is 2. The van der Waals surface area contributed by atoms with Crippen LogP contribution in [0, 0.1) is 5.82 Å². The molecule has 0 atom stereocenters. The zero-order valence-corrected chi connectivity index (χ0v) is 16.5. The molecule has 3 rings (SSSR count). The van der Waals surface area contributed by atoms with Crippen LogP contribution in [0.2, 0.25) is 0 Å². The molecule has 0 saturated heterocycles. The van der Waals surface area contributed by atoms with Crippen molar-refractivity contribution in [2.75, 3.05) is 0 Å². The van der Waals surface area contributed by atoms with Gasteiger partial charge in [-0.05, 0) is 49.7 Å². The van der Waals surface area contributed by atoms with Crippen LogP contribution in [-0.4, -0.2) is 26.4 Å². The summed E-state index contributed by atoms with van der Waals surface area (Å²) in [5.41, 5.74) is 0.211. The number of aromatic nitrogens is 2. The number of halogens is 4. The summed E-state index contributed by atoms with van der Waals surface area (Å²) in [4.78, 5) is 18.8. The Morgan fingerprint density at radius 3 is 2.43 bits per heavy atom. The highest BCUT2D eigenvalue weighted by Gasteiger charge is 2.30. The first kappa shape index (κ1) is 21.5. The van der Waals surface area contributed by atoms with Crippen LogP contribution in [0.1, 0.15) is 41.2 Å². The van der Waals surface area contributed by atoms with Crippen LogP contribution >= 0.6 is 0 Å².